The van der Waals surface area contributed by atoms with Gasteiger partial charge in [0.25, 0.3) is 0 Å². The lowest BCUT2D eigenvalue weighted by atomic mass is 9.99. The van der Waals surface area contributed by atoms with Gasteiger partial charge in [0.1, 0.15) is 0 Å². The van der Waals surface area contributed by atoms with Crippen LogP contribution in [-0.4, -0.2) is 7.05 Å². The molecule has 0 aliphatic carbocycles. The highest BCUT2D eigenvalue weighted by Gasteiger charge is 2.13. The minimum atomic E-state index is 1.23. The Kier molecular flexibility index (Phi) is 3.39. The quantitative estimate of drug-likeness (QED) is 0.317. The first-order valence-corrected chi connectivity index (χ1v) is 8.95. The molecule has 0 unspecified atom stereocenters. The van der Waals surface area contributed by atoms with Crippen molar-refractivity contribution in [2.75, 3.05) is 11.9 Å². The average molecular weight is 333 g/mol. The van der Waals surface area contributed by atoms with Crippen molar-refractivity contribution >= 4 is 43.7 Å². The van der Waals surface area contributed by atoms with Crippen LogP contribution in [0.4, 0.5) is 11.4 Å². The van der Waals surface area contributed by atoms with Crippen molar-refractivity contribution in [1.29, 1.82) is 0 Å². The van der Waals surface area contributed by atoms with Gasteiger partial charge in [-0.3, -0.25) is 0 Å². The van der Waals surface area contributed by atoms with Crippen molar-refractivity contribution in [2.24, 2.45) is 0 Å². The van der Waals surface area contributed by atoms with Crippen LogP contribution in [0.25, 0.3) is 32.3 Å². The summed E-state index contributed by atoms with van der Waals surface area (Å²) < 4.78 is 0. The molecule has 0 atom stereocenters. The Morgan fingerprint density at radius 2 is 1.04 bits per heavy atom. The molecular weight excluding hydrogens is 314 g/mol. The molecule has 0 bridgehead atoms. The van der Waals surface area contributed by atoms with E-state index in [1.165, 1.54) is 43.7 Å². The molecule has 0 heterocycles. The second kappa shape index (κ2) is 5.89. The first-order chi connectivity index (χ1) is 12.8. The zero-order valence-electron chi connectivity index (χ0n) is 14.7. The van der Waals surface area contributed by atoms with Gasteiger partial charge in [-0.25, -0.2) is 0 Å². The van der Waals surface area contributed by atoms with Gasteiger partial charge in [0.15, 0.2) is 0 Å². The van der Waals surface area contributed by atoms with Crippen LogP contribution in [-0.2, 0) is 0 Å². The van der Waals surface area contributed by atoms with Gasteiger partial charge in [0.05, 0.1) is 0 Å². The van der Waals surface area contributed by atoms with E-state index in [0.29, 0.717) is 0 Å². The van der Waals surface area contributed by atoms with E-state index in [-0.39, 0.29) is 0 Å². The van der Waals surface area contributed by atoms with E-state index in [1.807, 2.05) is 0 Å². The zero-order valence-corrected chi connectivity index (χ0v) is 14.7. The summed E-state index contributed by atoms with van der Waals surface area (Å²) in [7, 11) is 2.16. The van der Waals surface area contributed by atoms with E-state index in [1.54, 1.807) is 0 Å². The van der Waals surface area contributed by atoms with Gasteiger partial charge in [-0.2, -0.15) is 0 Å². The molecule has 0 fully saturated rings. The second-order valence-corrected chi connectivity index (χ2v) is 6.72. The summed E-state index contributed by atoms with van der Waals surface area (Å²) in [5, 5.41) is 7.69. The maximum Gasteiger partial charge on any atom is 0.0494 e. The number of rotatable bonds is 2. The first kappa shape index (κ1) is 15.0. The SMILES string of the molecule is CN(c1cccc2ccccc12)c1cc2ccccc2c2ccccc12. The van der Waals surface area contributed by atoms with Crippen molar-refractivity contribution in [1.82, 2.24) is 0 Å². The molecule has 1 nitrogen and oxygen atoms in total. The normalized spacial score (nSPS) is 11.3. The van der Waals surface area contributed by atoms with Crippen LogP contribution in [0.3, 0.4) is 0 Å². The minimum absolute atomic E-state index is 1.23. The Hall–Kier alpha value is -3.32. The van der Waals surface area contributed by atoms with Gasteiger partial charge in [-0.1, -0.05) is 84.9 Å². The molecule has 0 spiro atoms. The zero-order chi connectivity index (χ0) is 17.5. The molecule has 5 aromatic carbocycles. The van der Waals surface area contributed by atoms with Gasteiger partial charge in [-0.15, -0.1) is 0 Å². The molecule has 0 amide bonds. The summed E-state index contributed by atoms with van der Waals surface area (Å²) in [6, 6.07) is 34.7. The lowest BCUT2D eigenvalue weighted by molar-refractivity contribution is 1.24. The van der Waals surface area contributed by atoms with Crippen molar-refractivity contribution in [3.63, 3.8) is 0 Å². The van der Waals surface area contributed by atoms with Crippen LogP contribution in [0.1, 0.15) is 0 Å². The van der Waals surface area contributed by atoms with Gasteiger partial charge in [0.2, 0.25) is 0 Å². The molecule has 1 heteroatoms. The van der Waals surface area contributed by atoms with E-state index in [9.17, 15) is 0 Å². The summed E-state index contributed by atoms with van der Waals surface area (Å²) in [6.45, 7) is 0. The minimum Gasteiger partial charge on any atom is -0.344 e. The van der Waals surface area contributed by atoms with E-state index in [0.717, 1.165) is 0 Å². The number of fused-ring (bicyclic) bond motifs is 4. The molecule has 0 aromatic heterocycles. The van der Waals surface area contributed by atoms with Gasteiger partial charge < -0.3 is 4.90 Å². The number of benzene rings is 5. The molecule has 0 radical (unpaired) electrons. The maximum absolute atomic E-state index is 2.32. The summed E-state index contributed by atoms with van der Waals surface area (Å²) >= 11 is 0. The number of anilines is 2. The summed E-state index contributed by atoms with van der Waals surface area (Å²) in [4.78, 5) is 2.32. The van der Waals surface area contributed by atoms with E-state index in [4.69, 9.17) is 0 Å². The lowest BCUT2D eigenvalue weighted by Crippen LogP contribution is -2.10. The smallest absolute Gasteiger partial charge is 0.0494 e. The summed E-state index contributed by atoms with van der Waals surface area (Å²) in [6.07, 6.45) is 0. The Labute approximate surface area is 153 Å². The monoisotopic (exact) mass is 333 g/mol. The van der Waals surface area contributed by atoms with E-state index >= 15 is 0 Å². The third-order valence-corrected chi connectivity index (χ3v) is 5.24. The summed E-state index contributed by atoms with van der Waals surface area (Å²) in [5.41, 5.74) is 2.46. The molecule has 124 valence electrons. The first-order valence-electron chi connectivity index (χ1n) is 8.95. The standard InChI is InChI=1S/C25H19N/c1-26(24-16-8-11-18-9-2-5-13-21(18)24)25-17-19-10-3-4-12-20(19)22-14-6-7-15-23(22)25/h2-17H,1H3. The highest BCUT2D eigenvalue weighted by Crippen LogP contribution is 2.38. The predicted molar refractivity (Wildman–Crippen MR) is 113 cm³/mol. The molecule has 5 rings (SSSR count). The number of hydrogen-bond donors (Lipinski definition) is 0. The maximum atomic E-state index is 2.32. The predicted octanol–water partition coefficient (Wildman–Crippen LogP) is 6.91. The van der Waals surface area contributed by atoms with Crippen molar-refractivity contribution in [2.45, 2.75) is 0 Å². The van der Waals surface area contributed by atoms with Gasteiger partial charge in [-0.05, 0) is 33.7 Å². The van der Waals surface area contributed by atoms with Crippen LogP contribution < -0.4 is 4.90 Å². The molecular formula is C25H19N. The molecule has 0 saturated heterocycles. The van der Waals surface area contributed by atoms with Crippen molar-refractivity contribution in [3.8, 4) is 0 Å². The molecule has 0 saturated carbocycles. The Bertz CT molecular complexity index is 1250. The Balaban J connectivity index is 1.82. The van der Waals surface area contributed by atoms with Crippen molar-refractivity contribution in [3.05, 3.63) is 97.1 Å². The van der Waals surface area contributed by atoms with Crippen LogP contribution in [0.15, 0.2) is 97.1 Å². The molecule has 26 heavy (non-hydrogen) atoms. The fraction of sp³-hybridized carbons (Fsp3) is 0.0400. The van der Waals surface area contributed by atoms with E-state index < -0.39 is 0 Å². The highest BCUT2D eigenvalue weighted by atomic mass is 15.1. The molecule has 5 aromatic rings. The Morgan fingerprint density at radius 3 is 1.85 bits per heavy atom. The average Bonchev–Trinajstić information content (AvgIpc) is 2.72. The third kappa shape index (κ3) is 2.25. The van der Waals surface area contributed by atoms with Crippen LogP contribution in [0, 0.1) is 0 Å². The van der Waals surface area contributed by atoms with E-state index in [2.05, 4.69) is 109 Å². The van der Waals surface area contributed by atoms with Crippen LogP contribution in [0.2, 0.25) is 0 Å². The summed E-state index contributed by atoms with van der Waals surface area (Å²) in [5.74, 6) is 0. The second-order valence-electron chi connectivity index (χ2n) is 6.72. The van der Waals surface area contributed by atoms with Gasteiger partial charge >= 0.3 is 0 Å². The van der Waals surface area contributed by atoms with Crippen LogP contribution >= 0.6 is 0 Å². The number of hydrogen-bond acceptors (Lipinski definition) is 1. The van der Waals surface area contributed by atoms with Crippen molar-refractivity contribution < 1.29 is 0 Å². The molecule has 0 N–H and O–H groups in total. The van der Waals surface area contributed by atoms with Crippen LogP contribution in [0.5, 0.6) is 0 Å². The molecule has 0 aliphatic heterocycles. The topological polar surface area (TPSA) is 3.24 Å². The number of nitrogens with zero attached hydrogens (tertiary/aromatic N) is 1. The molecule has 0 aliphatic rings. The largest absolute Gasteiger partial charge is 0.344 e. The Morgan fingerprint density at radius 1 is 0.462 bits per heavy atom. The highest BCUT2D eigenvalue weighted by molar-refractivity contribution is 6.14. The third-order valence-electron chi connectivity index (χ3n) is 5.24. The van der Waals surface area contributed by atoms with Gasteiger partial charge in [0, 0.05) is 29.2 Å². The lowest BCUT2D eigenvalue weighted by Gasteiger charge is -2.24. The fourth-order valence-electron chi connectivity index (χ4n) is 3.94. The fourth-order valence-corrected chi connectivity index (χ4v) is 3.94.